The lowest BCUT2D eigenvalue weighted by Crippen LogP contribution is -2.47. The summed E-state index contributed by atoms with van der Waals surface area (Å²) in [6.45, 7) is 7.05. The van der Waals surface area contributed by atoms with Crippen molar-refractivity contribution in [2.24, 2.45) is 0 Å². The number of nitrogens with zero attached hydrogens (tertiary/aromatic N) is 5. The third kappa shape index (κ3) is 5.70. The van der Waals surface area contributed by atoms with Crippen LogP contribution in [0.15, 0.2) is 60.9 Å². The van der Waals surface area contributed by atoms with E-state index in [-0.39, 0.29) is 5.91 Å². The van der Waals surface area contributed by atoms with E-state index in [0.29, 0.717) is 21.5 Å². The second-order valence-electron chi connectivity index (χ2n) is 8.88. The van der Waals surface area contributed by atoms with E-state index in [4.69, 9.17) is 32.9 Å². The van der Waals surface area contributed by atoms with Crippen LogP contribution in [0.4, 0.5) is 17.5 Å². The van der Waals surface area contributed by atoms with Crippen molar-refractivity contribution < 1.29 is 9.53 Å². The van der Waals surface area contributed by atoms with Crippen LogP contribution in [0.2, 0.25) is 10.0 Å². The summed E-state index contributed by atoms with van der Waals surface area (Å²) in [5, 5.41) is 4.75. The van der Waals surface area contributed by atoms with Gasteiger partial charge in [-0.1, -0.05) is 23.2 Å². The molecule has 1 saturated heterocycles. The molecule has 1 amide bonds. The quantitative estimate of drug-likeness (QED) is 0.354. The minimum Gasteiger partial charge on any atom is -0.479 e. The van der Waals surface area contributed by atoms with Crippen LogP contribution in [0.1, 0.15) is 12.5 Å². The number of aryl methyl sites for hydroxylation is 1. The number of aromatic nitrogens is 3. The van der Waals surface area contributed by atoms with Gasteiger partial charge in [-0.25, -0.2) is 15.0 Å². The average Bonchev–Trinajstić information content (AvgIpc) is 2.91. The molecule has 1 unspecified atom stereocenters. The van der Waals surface area contributed by atoms with Crippen molar-refractivity contribution in [3.8, 4) is 5.75 Å². The molecular weight excluding hydrogens is 511 g/mol. The zero-order valence-corrected chi connectivity index (χ0v) is 22.0. The third-order valence-corrected chi connectivity index (χ3v) is 6.81. The van der Waals surface area contributed by atoms with E-state index >= 15 is 0 Å². The largest absolute Gasteiger partial charge is 0.479 e. The maximum Gasteiger partial charge on any atom is 0.265 e. The van der Waals surface area contributed by atoms with Gasteiger partial charge >= 0.3 is 0 Å². The summed E-state index contributed by atoms with van der Waals surface area (Å²) in [6.07, 6.45) is 2.78. The molecule has 0 aliphatic carbocycles. The number of rotatable bonds is 6. The van der Waals surface area contributed by atoms with Crippen LogP contribution >= 0.6 is 23.2 Å². The van der Waals surface area contributed by atoms with E-state index in [1.807, 2.05) is 24.3 Å². The van der Waals surface area contributed by atoms with Crippen LogP contribution in [0.25, 0.3) is 10.9 Å². The summed E-state index contributed by atoms with van der Waals surface area (Å²) in [4.78, 5) is 30.8. The number of carbonyl (C=O) groups is 1. The topological polar surface area (TPSA) is 83.5 Å². The highest BCUT2D eigenvalue weighted by Gasteiger charge is 2.21. The van der Waals surface area contributed by atoms with Gasteiger partial charge in [0.25, 0.3) is 5.91 Å². The Balaban J connectivity index is 1.25. The second-order valence-corrected chi connectivity index (χ2v) is 9.72. The van der Waals surface area contributed by atoms with Gasteiger partial charge in [0.15, 0.2) is 6.10 Å². The zero-order valence-electron chi connectivity index (χ0n) is 20.5. The summed E-state index contributed by atoms with van der Waals surface area (Å²) < 4.78 is 5.73. The summed E-state index contributed by atoms with van der Waals surface area (Å²) in [5.41, 5.74) is 2.63. The van der Waals surface area contributed by atoms with Crippen LogP contribution in [-0.2, 0) is 4.79 Å². The number of fused-ring (bicyclic) bond motifs is 1. The number of amides is 1. The van der Waals surface area contributed by atoms with E-state index in [2.05, 4.69) is 38.1 Å². The van der Waals surface area contributed by atoms with Gasteiger partial charge in [0.2, 0.25) is 5.95 Å². The monoisotopic (exact) mass is 536 g/mol. The van der Waals surface area contributed by atoms with Gasteiger partial charge in [-0.2, -0.15) is 0 Å². The number of benzene rings is 2. The van der Waals surface area contributed by atoms with Crippen LogP contribution in [0.5, 0.6) is 5.75 Å². The first-order valence-electron chi connectivity index (χ1n) is 12.0. The molecule has 37 heavy (non-hydrogen) atoms. The van der Waals surface area contributed by atoms with Gasteiger partial charge in [0.05, 0.1) is 10.5 Å². The maximum atomic E-state index is 12.8. The van der Waals surface area contributed by atoms with Crippen molar-refractivity contribution in [2.45, 2.75) is 20.0 Å². The summed E-state index contributed by atoms with van der Waals surface area (Å²) in [6, 6.07) is 14.5. The molecule has 1 atom stereocenters. The minimum atomic E-state index is -0.754. The minimum absolute atomic E-state index is 0.284. The molecule has 0 radical (unpaired) electrons. The molecule has 3 heterocycles. The molecule has 1 fully saturated rings. The molecule has 190 valence electrons. The molecule has 0 saturated carbocycles. The van der Waals surface area contributed by atoms with Gasteiger partial charge in [-0.3, -0.25) is 4.79 Å². The van der Waals surface area contributed by atoms with Gasteiger partial charge in [-0.05, 0) is 67.9 Å². The normalized spacial score (nSPS) is 14.5. The van der Waals surface area contributed by atoms with E-state index < -0.39 is 6.10 Å². The third-order valence-electron chi connectivity index (χ3n) is 6.28. The molecular formula is C27H26Cl2N6O2. The second kappa shape index (κ2) is 10.8. The Morgan fingerprint density at radius 2 is 1.73 bits per heavy atom. The van der Waals surface area contributed by atoms with E-state index in [9.17, 15) is 4.79 Å². The molecule has 2 aromatic heterocycles. The summed E-state index contributed by atoms with van der Waals surface area (Å²) in [7, 11) is 0. The first-order valence-corrected chi connectivity index (χ1v) is 12.7. The number of halogens is 2. The summed E-state index contributed by atoms with van der Waals surface area (Å²) in [5.74, 6) is 1.82. The molecule has 1 N–H and O–H groups in total. The van der Waals surface area contributed by atoms with Crippen LogP contribution in [-0.4, -0.2) is 53.1 Å². The molecule has 1 aliphatic rings. The molecule has 10 heteroatoms. The van der Waals surface area contributed by atoms with Gasteiger partial charge < -0.3 is 19.9 Å². The van der Waals surface area contributed by atoms with Gasteiger partial charge in [0.1, 0.15) is 11.6 Å². The Morgan fingerprint density at radius 1 is 1.00 bits per heavy atom. The Morgan fingerprint density at radius 3 is 2.46 bits per heavy atom. The molecule has 5 rings (SSSR count). The Hall–Kier alpha value is -3.62. The highest BCUT2D eigenvalue weighted by molar-refractivity contribution is 6.35. The number of carbonyl (C=O) groups excluding carboxylic acids is 1. The maximum absolute atomic E-state index is 12.8. The van der Waals surface area contributed by atoms with Crippen molar-refractivity contribution in [2.75, 3.05) is 41.3 Å². The van der Waals surface area contributed by atoms with Gasteiger partial charge in [-0.15, -0.1) is 0 Å². The van der Waals surface area contributed by atoms with Crippen molar-refractivity contribution in [1.29, 1.82) is 0 Å². The number of ether oxygens (including phenoxy) is 1. The molecule has 0 bridgehead atoms. The van der Waals surface area contributed by atoms with Crippen molar-refractivity contribution in [3.05, 3.63) is 76.5 Å². The predicted molar refractivity (Wildman–Crippen MR) is 148 cm³/mol. The standard InChI is InChI=1S/C27H26Cl2N6O2/c1-17-14-25(34-10-12-35(13-11-34)27-30-8-3-9-31-27)33-23-6-5-20(16-21(17)23)32-26(36)18(2)37-24-7-4-19(28)15-22(24)29/h3-9,14-16,18H,10-13H2,1-2H3,(H,32,36). The Kier molecular flexibility index (Phi) is 7.30. The lowest BCUT2D eigenvalue weighted by atomic mass is 10.1. The molecule has 4 aromatic rings. The van der Waals surface area contributed by atoms with E-state index in [1.165, 1.54) is 0 Å². The molecule has 2 aromatic carbocycles. The van der Waals surface area contributed by atoms with Crippen LogP contribution in [0.3, 0.4) is 0 Å². The van der Waals surface area contributed by atoms with E-state index in [1.54, 1.807) is 37.5 Å². The van der Waals surface area contributed by atoms with Crippen LogP contribution < -0.4 is 19.9 Å². The number of anilines is 3. The lowest BCUT2D eigenvalue weighted by Gasteiger charge is -2.35. The number of hydrogen-bond acceptors (Lipinski definition) is 7. The highest BCUT2D eigenvalue weighted by atomic mass is 35.5. The first kappa shape index (κ1) is 25.0. The average molecular weight is 537 g/mol. The first-order chi connectivity index (χ1) is 17.9. The number of hydrogen-bond donors (Lipinski definition) is 1. The van der Waals surface area contributed by atoms with Crippen molar-refractivity contribution in [1.82, 2.24) is 15.0 Å². The number of piperazine rings is 1. The Bertz CT molecular complexity index is 1430. The molecule has 1 aliphatic heterocycles. The summed E-state index contributed by atoms with van der Waals surface area (Å²) >= 11 is 12.1. The van der Waals surface area contributed by atoms with Crippen molar-refractivity contribution in [3.63, 3.8) is 0 Å². The fourth-order valence-electron chi connectivity index (χ4n) is 4.26. The number of pyridine rings is 1. The zero-order chi connectivity index (χ0) is 25.9. The van der Waals surface area contributed by atoms with Crippen molar-refractivity contribution >= 4 is 57.5 Å². The van der Waals surface area contributed by atoms with Crippen LogP contribution in [0, 0.1) is 6.92 Å². The Labute approximate surface area is 225 Å². The fourth-order valence-corrected chi connectivity index (χ4v) is 4.72. The molecule has 8 nitrogen and oxygen atoms in total. The number of nitrogens with one attached hydrogen (secondary N) is 1. The van der Waals surface area contributed by atoms with E-state index in [0.717, 1.165) is 54.4 Å². The predicted octanol–water partition coefficient (Wildman–Crippen LogP) is 5.37. The molecule has 0 spiro atoms. The van der Waals surface area contributed by atoms with Gasteiger partial charge in [0, 0.05) is 54.7 Å². The SMILES string of the molecule is Cc1cc(N2CCN(c3ncccn3)CC2)nc2ccc(NC(=O)C(C)Oc3ccc(Cl)cc3Cl)cc12. The highest BCUT2D eigenvalue weighted by Crippen LogP contribution is 2.29. The smallest absolute Gasteiger partial charge is 0.265 e. The lowest BCUT2D eigenvalue weighted by molar-refractivity contribution is -0.122. The fraction of sp³-hybridized carbons (Fsp3) is 0.259.